The molecule has 1 heterocycles. The molecule has 0 unspecified atom stereocenters. The summed E-state index contributed by atoms with van der Waals surface area (Å²) < 4.78 is 5.06. The van der Waals surface area contributed by atoms with E-state index in [0.29, 0.717) is 11.8 Å². The third-order valence-corrected chi connectivity index (χ3v) is 8.21. The number of hydrogen-bond donors (Lipinski definition) is 0. The molecule has 1 aliphatic rings. The van der Waals surface area contributed by atoms with E-state index in [9.17, 15) is 0 Å². The Bertz CT molecular complexity index is 1650. The van der Waals surface area contributed by atoms with Crippen molar-refractivity contribution in [3.63, 3.8) is 0 Å². The Morgan fingerprint density at radius 2 is 1.34 bits per heavy atom. The van der Waals surface area contributed by atoms with Crippen LogP contribution in [0.1, 0.15) is 80.3 Å². The molecule has 6 rings (SSSR count). The highest BCUT2D eigenvalue weighted by molar-refractivity contribution is 5.92. The molecule has 0 bridgehead atoms. The minimum atomic E-state index is 0. The van der Waals surface area contributed by atoms with Gasteiger partial charge in [-0.1, -0.05) is 95.3 Å². The first-order valence-corrected chi connectivity index (χ1v) is 13.6. The number of nitrogens with zero attached hydrogens (tertiary/aromatic N) is 2. The van der Waals surface area contributed by atoms with Crippen LogP contribution in [0.5, 0.6) is 0 Å². The molecule has 0 fully saturated rings. The molecule has 0 aliphatic heterocycles. The normalized spacial score (nSPS) is 12.2. The Morgan fingerprint density at radius 1 is 0.737 bits per heavy atom. The van der Waals surface area contributed by atoms with Gasteiger partial charge in [-0.15, -0.1) is 0 Å². The molecule has 1 aromatic heterocycles. The van der Waals surface area contributed by atoms with Gasteiger partial charge in [-0.3, -0.25) is 0 Å². The fourth-order valence-electron chi connectivity index (χ4n) is 6.43. The number of aryl methyl sites for hydroxylation is 3. The second-order valence-electron chi connectivity index (χ2n) is 11.4. The summed E-state index contributed by atoms with van der Waals surface area (Å²) in [5.41, 5.74) is 16.4. The lowest BCUT2D eigenvalue weighted by molar-refractivity contribution is -0.634. The van der Waals surface area contributed by atoms with Crippen molar-refractivity contribution >= 4 is 11.0 Å². The molecule has 5 aromatic rings. The van der Waals surface area contributed by atoms with E-state index < -0.39 is 0 Å². The van der Waals surface area contributed by atoms with Crippen LogP contribution in [0.25, 0.3) is 39.2 Å². The predicted molar refractivity (Wildman–Crippen MR) is 163 cm³/mol. The molecule has 0 N–H and O–H groups in total. The largest absolute Gasteiger partial charge is 0.295 e. The average molecular weight is 502 g/mol. The molecule has 2 heteroatoms. The van der Waals surface area contributed by atoms with Crippen LogP contribution in [-0.4, -0.2) is 4.57 Å². The summed E-state index contributed by atoms with van der Waals surface area (Å²) in [4.78, 5) is 0. The van der Waals surface area contributed by atoms with Gasteiger partial charge >= 0.3 is 0 Å². The molecule has 194 valence electrons. The van der Waals surface area contributed by atoms with Crippen LogP contribution in [0.3, 0.4) is 0 Å². The minimum Gasteiger partial charge on any atom is -0.225 e. The molecule has 38 heavy (non-hydrogen) atoms. The molecule has 0 atom stereocenters. The van der Waals surface area contributed by atoms with Crippen LogP contribution in [0.4, 0.5) is 0 Å². The van der Waals surface area contributed by atoms with Gasteiger partial charge in [-0.05, 0) is 66.1 Å². The highest BCUT2D eigenvalue weighted by Crippen LogP contribution is 2.43. The maximum Gasteiger partial charge on any atom is 0.295 e. The minimum absolute atomic E-state index is 0. The maximum absolute atomic E-state index is 2.59. The van der Waals surface area contributed by atoms with Gasteiger partial charge in [0.05, 0.1) is 12.6 Å². The van der Waals surface area contributed by atoms with Crippen molar-refractivity contribution in [2.75, 3.05) is 0 Å². The van der Waals surface area contributed by atoms with E-state index in [0.717, 1.165) is 6.42 Å². The fourth-order valence-corrected chi connectivity index (χ4v) is 6.43. The molecular weight excluding hydrogens is 460 g/mol. The molecule has 2 nitrogen and oxygen atoms in total. The predicted octanol–water partition coefficient (Wildman–Crippen LogP) is 9.19. The van der Waals surface area contributed by atoms with Crippen molar-refractivity contribution in [3.8, 4) is 28.2 Å². The van der Waals surface area contributed by atoms with Gasteiger partial charge in [-0.2, -0.15) is 4.57 Å². The molecule has 1 aliphatic carbocycles. The van der Waals surface area contributed by atoms with E-state index in [1.807, 2.05) is 0 Å². The van der Waals surface area contributed by atoms with Gasteiger partial charge < -0.3 is 0 Å². The Balaban J connectivity index is 0.00000294. The number of imidazole rings is 1. The van der Waals surface area contributed by atoms with Gasteiger partial charge in [0.1, 0.15) is 5.69 Å². The Morgan fingerprint density at radius 3 is 1.97 bits per heavy atom. The molecule has 0 saturated heterocycles. The Hall–Kier alpha value is -3.65. The molecule has 0 amide bonds. The van der Waals surface area contributed by atoms with E-state index in [2.05, 4.69) is 131 Å². The van der Waals surface area contributed by atoms with Crippen molar-refractivity contribution in [1.29, 1.82) is 0 Å². The van der Waals surface area contributed by atoms with Gasteiger partial charge in [0.15, 0.2) is 11.0 Å². The molecule has 4 aromatic carbocycles. The topological polar surface area (TPSA) is 8.81 Å². The summed E-state index contributed by atoms with van der Waals surface area (Å²) in [7, 11) is 2.27. The van der Waals surface area contributed by atoms with Crippen LogP contribution in [-0.2, 0) is 13.5 Å². The van der Waals surface area contributed by atoms with Crippen molar-refractivity contribution in [1.82, 2.24) is 4.57 Å². The van der Waals surface area contributed by atoms with Gasteiger partial charge in [-0.25, -0.2) is 4.57 Å². The fraction of sp³-hybridized carbons (Fsp3) is 0.306. The molecular formula is C36H41N2+. The third-order valence-electron chi connectivity index (χ3n) is 8.21. The van der Waals surface area contributed by atoms with Crippen LogP contribution in [0, 0.1) is 13.8 Å². The first kappa shape index (κ1) is 26.0. The number of benzene rings is 4. The number of hydrogen-bond acceptors (Lipinski definition) is 0. The highest BCUT2D eigenvalue weighted by atomic mass is 15.2. The van der Waals surface area contributed by atoms with Crippen LogP contribution < -0.4 is 4.57 Å². The van der Waals surface area contributed by atoms with E-state index in [1.54, 1.807) is 0 Å². The maximum atomic E-state index is 2.59. The van der Waals surface area contributed by atoms with Crippen LogP contribution in [0.15, 0.2) is 72.8 Å². The summed E-state index contributed by atoms with van der Waals surface area (Å²) in [6, 6.07) is 27.3. The summed E-state index contributed by atoms with van der Waals surface area (Å²) in [5, 5.41) is 0. The second-order valence-corrected chi connectivity index (χ2v) is 11.4. The van der Waals surface area contributed by atoms with Crippen LogP contribution in [0.2, 0.25) is 0 Å². The van der Waals surface area contributed by atoms with E-state index >= 15 is 0 Å². The number of rotatable bonds is 4. The zero-order chi connectivity index (χ0) is 26.0. The molecule has 0 saturated carbocycles. The summed E-state index contributed by atoms with van der Waals surface area (Å²) in [6.45, 7) is 13.8. The van der Waals surface area contributed by atoms with Gasteiger partial charge in [0.2, 0.25) is 0 Å². The first-order valence-electron chi connectivity index (χ1n) is 13.6. The first-order chi connectivity index (χ1) is 17.8. The summed E-state index contributed by atoms with van der Waals surface area (Å²) in [5.74, 6) is 2.09. The van der Waals surface area contributed by atoms with Gasteiger partial charge in [0, 0.05) is 23.1 Å². The van der Waals surface area contributed by atoms with E-state index in [-0.39, 0.29) is 7.43 Å². The highest BCUT2D eigenvalue weighted by Gasteiger charge is 2.35. The Kier molecular flexibility index (Phi) is 6.55. The molecule has 0 radical (unpaired) electrons. The third kappa shape index (κ3) is 3.81. The number of fused-ring (bicyclic) bond motifs is 5. The van der Waals surface area contributed by atoms with Crippen molar-refractivity contribution in [2.24, 2.45) is 7.05 Å². The quantitative estimate of drug-likeness (QED) is 0.213. The zero-order valence-electron chi connectivity index (χ0n) is 23.2. The SMILES string of the molecule is C.Cc1cc(C(C)C)c(-n2c(-c3ccccc3C)[n+](C)c3c4c(ccc32)-c2ccccc2C4)c(C(C)C)c1. The summed E-state index contributed by atoms with van der Waals surface area (Å²) in [6.07, 6.45) is 0.982. The number of aromatic nitrogens is 2. The second kappa shape index (κ2) is 9.58. The van der Waals surface area contributed by atoms with E-state index in [4.69, 9.17) is 0 Å². The smallest absolute Gasteiger partial charge is 0.225 e. The average Bonchev–Trinajstić information content (AvgIpc) is 3.39. The van der Waals surface area contributed by atoms with Crippen molar-refractivity contribution in [3.05, 3.63) is 106 Å². The van der Waals surface area contributed by atoms with Crippen LogP contribution >= 0.6 is 0 Å². The lowest BCUT2D eigenvalue weighted by Gasteiger charge is -2.20. The summed E-state index contributed by atoms with van der Waals surface area (Å²) >= 11 is 0. The monoisotopic (exact) mass is 501 g/mol. The van der Waals surface area contributed by atoms with Crippen molar-refractivity contribution in [2.45, 2.75) is 67.2 Å². The molecule has 0 spiro atoms. The van der Waals surface area contributed by atoms with Gasteiger partial charge in [0.25, 0.3) is 5.82 Å². The zero-order valence-corrected chi connectivity index (χ0v) is 23.2. The van der Waals surface area contributed by atoms with E-state index in [1.165, 1.54) is 72.6 Å². The Labute approximate surface area is 228 Å². The van der Waals surface area contributed by atoms with Crippen molar-refractivity contribution < 1.29 is 4.57 Å². The standard InChI is InChI=1S/C35H37N2.CH4/c1-21(2)29-18-23(5)19-30(22(3)4)33(29)37-32-17-16-28-27-15-11-9-13-25(27)20-31(28)34(32)36(7)35(37)26-14-10-8-12-24(26)6;/h8-19,21-22H,20H2,1-7H3;1H4/q+1;. The lowest BCUT2D eigenvalue weighted by Crippen LogP contribution is -2.31. The lowest BCUT2D eigenvalue weighted by atomic mass is 9.90.